The molecule has 3 aromatic rings. The SMILES string of the molecule is COc1ccc(Cl)c(/C(O)=C2\C(=O)C(=O)N(c3ccc(N4CCN(C)CC4)cc3)C2c2ccc(O)cc2)c1. The zero-order valence-corrected chi connectivity index (χ0v) is 21.9. The van der Waals surface area contributed by atoms with Crippen LogP contribution in [0.4, 0.5) is 11.4 Å². The zero-order chi connectivity index (χ0) is 27.0. The highest BCUT2D eigenvalue weighted by Crippen LogP contribution is 2.44. The molecule has 38 heavy (non-hydrogen) atoms. The van der Waals surface area contributed by atoms with Crippen LogP contribution in [0.25, 0.3) is 5.76 Å². The first-order valence-electron chi connectivity index (χ1n) is 12.3. The van der Waals surface area contributed by atoms with E-state index in [2.05, 4.69) is 16.8 Å². The van der Waals surface area contributed by atoms with Crippen LogP contribution in [0.3, 0.4) is 0 Å². The predicted octanol–water partition coefficient (Wildman–Crippen LogP) is 4.43. The number of ketones is 1. The first kappa shape index (κ1) is 25.6. The number of anilines is 2. The molecule has 0 saturated carbocycles. The van der Waals surface area contributed by atoms with E-state index >= 15 is 0 Å². The minimum atomic E-state index is -0.938. The molecule has 0 spiro atoms. The molecule has 5 rings (SSSR count). The second-order valence-electron chi connectivity index (χ2n) is 9.41. The molecule has 0 aliphatic carbocycles. The van der Waals surface area contributed by atoms with Crippen LogP contribution in [-0.4, -0.2) is 67.1 Å². The number of carbonyl (C=O) groups excluding carboxylic acids is 2. The number of aliphatic hydroxyl groups excluding tert-OH is 1. The normalized spacial score (nSPS) is 19.7. The first-order chi connectivity index (χ1) is 18.3. The molecule has 2 N–H and O–H groups in total. The maximum atomic E-state index is 13.4. The molecule has 2 heterocycles. The van der Waals surface area contributed by atoms with Crippen molar-refractivity contribution in [2.24, 2.45) is 0 Å². The number of benzene rings is 3. The van der Waals surface area contributed by atoms with Crippen LogP contribution >= 0.6 is 11.6 Å². The second kappa shape index (κ2) is 10.4. The molecule has 2 saturated heterocycles. The van der Waals surface area contributed by atoms with Gasteiger partial charge in [-0.2, -0.15) is 0 Å². The topological polar surface area (TPSA) is 93.5 Å². The molecule has 0 bridgehead atoms. The van der Waals surface area contributed by atoms with Crippen molar-refractivity contribution in [1.29, 1.82) is 0 Å². The molecule has 1 unspecified atom stereocenters. The Balaban J connectivity index is 1.60. The quantitative estimate of drug-likeness (QED) is 0.285. The van der Waals surface area contributed by atoms with Crippen LogP contribution < -0.4 is 14.5 Å². The van der Waals surface area contributed by atoms with Crippen molar-refractivity contribution in [1.82, 2.24) is 4.90 Å². The maximum Gasteiger partial charge on any atom is 0.300 e. The average Bonchev–Trinajstić information content (AvgIpc) is 3.19. The molecule has 2 aliphatic heterocycles. The van der Waals surface area contributed by atoms with E-state index in [9.17, 15) is 19.8 Å². The summed E-state index contributed by atoms with van der Waals surface area (Å²) in [5, 5.41) is 21.4. The summed E-state index contributed by atoms with van der Waals surface area (Å²) in [5.74, 6) is -1.52. The highest BCUT2D eigenvalue weighted by Gasteiger charge is 2.47. The second-order valence-corrected chi connectivity index (χ2v) is 9.82. The number of Topliss-reactive ketones (excluding diaryl/α,β-unsaturated/α-hetero) is 1. The number of halogens is 1. The number of phenols is 1. The molecule has 196 valence electrons. The monoisotopic (exact) mass is 533 g/mol. The summed E-state index contributed by atoms with van der Waals surface area (Å²) in [7, 11) is 3.58. The van der Waals surface area contributed by atoms with Crippen LogP contribution in [0, 0.1) is 0 Å². The number of aromatic hydroxyl groups is 1. The van der Waals surface area contributed by atoms with Crippen LogP contribution in [0.2, 0.25) is 5.02 Å². The number of nitrogens with zero attached hydrogens (tertiary/aromatic N) is 3. The van der Waals surface area contributed by atoms with Gasteiger partial charge in [0.2, 0.25) is 0 Å². The highest BCUT2D eigenvalue weighted by atomic mass is 35.5. The summed E-state index contributed by atoms with van der Waals surface area (Å²) in [6, 6.07) is 17.5. The zero-order valence-electron chi connectivity index (χ0n) is 21.1. The van der Waals surface area contributed by atoms with Crippen molar-refractivity contribution in [3.05, 3.63) is 88.5 Å². The summed E-state index contributed by atoms with van der Waals surface area (Å²) < 4.78 is 5.26. The molecule has 3 aromatic carbocycles. The van der Waals surface area contributed by atoms with E-state index in [0.29, 0.717) is 17.0 Å². The summed E-state index contributed by atoms with van der Waals surface area (Å²) in [6.45, 7) is 3.72. The van der Waals surface area contributed by atoms with Crippen molar-refractivity contribution in [2.75, 3.05) is 50.1 Å². The van der Waals surface area contributed by atoms with E-state index in [4.69, 9.17) is 16.3 Å². The highest BCUT2D eigenvalue weighted by molar-refractivity contribution is 6.52. The van der Waals surface area contributed by atoms with Gasteiger partial charge in [0.05, 0.1) is 23.7 Å². The summed E-state index contributed by atoms with van der Waals surface area (Å²) in [4.78, 5) is 32.8. The molecule has 8 nitrogen and oxygen atoms in total. The van der Waals surface area contributed by atoms with Gasteiger partial charge in [-0.05, 0) is 67.2 Å². The number of aliphatic hydroxyl groups is 1. The third kappa shape index (κ3) is 4.68. The van der Waals surface area contributed by atoms with Gasteiger partial charge >= 0.3 is 0 Å². The van der Waals surface area contributed by atoms with Gasteiger partial charge in [0, 0.05) is 43.1 Å². The Morgan fingerprint density at radius 2 is 1.55 bits per heavy atom. The van der Waals surface area contributed by atoms with Gasteiger partial charge in [0.1, 0.15) is 17.3 Å². The molecular weight excluding hydrogens is 506 g/mol. The number of amides is 1. The lowest BCUT2D eigenvalue weighted by Gasteiger charge is -2.34. The molecule has 1 amide bonds. The van der Waals surface area contributed by atoms with Gasteiger partial charge in [-0.25, -0.2) is 0 Å². The largest absolute Gasteiger partial charge is 0.508 e. The van der Waals surface area contributed by atoms with E-state index < -0.39 is 23.5 Å². The fourth-order valence-electron chi connectivity index (χ4n) is 4.92. The number of carbonyl (C=O) groups is 2. The predicted molar refractivity (Wildman–Crippen MR) is 147 cm³/mol. The first-order valence-corrected chi connectivity index (χ1v) is 12.6. The summed E-state index contributed by atoms with van der Waals surface area (Å²) >= 11 is 6.38. The Morgan fingerprint density at radius 1 is 0.921 bits per heavy atom. The number of hydrogen-bond acceptors (Lipinski definition) is 7. The molecular formula is C29H28ClN3O5. The average molecular weight is 534 g/mol. The molecule has 1 atom stereocenters. The number of ether oxygens (including phenoxy) is 1. The lowest BCUT2D eigenvalue weighted by molar-refractivity contribution is -0.132. The summed E-state index contributed by atoms with van der Waals surface area (Å²) in [6.07, 6.45) is 0. The standard InChI is InChI=1S/C29H28ClN3O5/c1-31-13-15-32(16-14-31)19-5-7-20(8-6-19)33-26(18-3-9-21(34)10-4-18)25(28(36)29(33)37)27(35)23-17-22(38-2)11-12-24(23)30/h3-12,17,26,34-35H,13-16H2,1-2H3/b27-25+. The smallest absolute Gasteiger partial charge is 0.300 e. The molecule has 0 aromatic heterocycles. The third-order valence-electron chi connectivity index (χ3n) is 7.08. The van der Waals surface area contributed by atoms with Gasteiger partial charge < -0.3 is 24.7 Å². The van der Waals surface area contributed by atoms with E-state index in [1.54, 1.807) is 24.3 Å². The van der Waals surface area contributed by atoms with Crippen LogP contribution in [0.1, 0.15) is 17.2 Å². The van der Waals surface area contributed by atoms with E-state index in [0.717, 1.165) is 31.9 Å². The maximum absolute atomic E-state index is 13.4. The Kier molecular flexibility index (Phi) is 7.01. The molecule has 2 aliphatic rings. The number of piperazine rings is 1. The number of methoxy groups -OCH3 is 1. The lowest BCUT2D eigenvalue weighted by Crippen LogP contribution is -2.44. The number of rotatable bonds is 5. The minimum absolute atomic E-state index is 0.0399. The van der Waals surface area contributed by atoms with Crippen LogP contribution in [-0.2, 0) is 9.59 Å². The Morgan fingerprint density at radius 3 is 2.18 bits per heavy atom. The van der Waals surface area contributed by atoms with Crippen molar-refractivity contribution >= 4 is 40.4 Å². The van der Waals surface area contributed by atoms with E-state index in [-0.39, 0.29) is 21.9 Å². The van der Waals surface area contributed by atoms with Crippen LogP contribution in [0.5, 0.6) is 11.5 Å². The van der Waals surface area contributed by atoms with Gasteiger partial charge in [0.25, 0.3) is 11.7 Å². The Labute approximate surface area is 225 Å². The third-order valence-corrected chi connectivity index (χ3v) is 7.41. The van der Waals surface area contributed by atoms with E-state index in [1.807, 2.05) is 24.3 Å². The number of phenolic OH excluding ortho intramolecular Hbond substituents is 1. The summed E-state index contributed by atoms with van der Waals surface area (Å²) in [5.41, 5.74) is 2.17. The van der Waals surface area contributed by atoms with Crippen molar-refractivity contribution in [3.8, 4) is 11.5 Å². The Hall–Kier alpha value is -4.01. The van der Waals surface area contributed by atoms with Crippen molar-refractivity contribution in [2.45, 2.75) is 6.04 Å². The molecule has 9 heteroatoms. The Bertz CT molecular complexity index is 1400. The number of likely N-dealkylation sites (N-methyl/N-ethyl adjacent to an activating group) is 1. The van der Waals surface area contributed by atoms with Gasteiger partial charge in [-0.1, -0.05) is 23.7 Å². The van der Waals surface area contributed by atoms with Gasteiger partial charge in [-0.3, -0.25) is 14.5 Å². The van der Waals surface area contributed by atoms with E-state index in [1.165, 1.54) is 30.2 Å². The van der Waals surface area contributed by atoms with Crippen molar-refractivity contribution < 1.29 is 24.5 Å². The van der Waals surface area contributed by atoms with Crippen LogP contribution in [0.15, 0.2) is 72.3 Å². The van der Waals surface area contributed by atoms with Gasteiger partial charge in [-0.15, -0.1) is 0 Å². The fourth-order valence-corrected chi connectivity index (χ4v) is 5.12. The minimum Gasteiger partial charge on any atom is -0.508 e. The fraction of sp³-hybridized carbons (Fsp3) is 0.241. The lowest BCUT2D eigenvalue weighted by atomic mass is 9.95. The molecule has 0 radical (unpaired) electrons. The number of hydrogen-bond donors (Lipinski definition) is 2. The van der Waals surface area contributed by atoms with Gasteiger partial charge in [0.15, 0.2) is 0 Å². The molecule has 2 fully saturated rings. The van der Waals surface area contributed by atoms with Crippen molar-refractivity contribution in [3.63, 3.8) is 0 Å².